The Morgan fingerprint density at radius 2 is 1.66 bits per heavy atom. The van der Waals surface area contributed by atoms with Crippen molar-refractivity contribution < 1.29 is 13.9 Å². The number of imidazole rings is 1. The van der Waals surface area contributed by atoms with Crippen molar-refractivity contribution in [3.8, 4) is 17.0 Å². The number of fused-ring (bicyclic) bond motifs is 1. The van der Waals surface area contributed by atoms with Crippen LogP contribution in [-0.2, 0) is 11.2 Å². The van der Waals surface area contributed by atoms with Gasteiger partial charge in [-0.3, -0.25) is 9.20 Å². The molecule has 0 unspecified atom stereocenters. The van der Waals surface area contributed by atoms with Gasteiger partial charge in [0.25, 0.3) is 0 Å². The summed E-state index contributed by atoms with van der Waals surface area (Å²) in [5.74, 6) is 0.515. The first-order valence-electron chi connectivity index (χ1n) is 11.8. The fourth-order valence-electron chi connectivity index (χ4n) is 4.67. The number of nitrogens with one attached hydrogen (secondary N) is 1. The maximum Gasteiger partial charge on any atom is 0.315 e. The van der Waals surface area contributed by atoms with Gasteiger partial charge in [-0.2, -0.15) is 0 Å². The lowest BCUT2D eigenvalue weighted by Crippen LogP contribution is -2.36. The van der Waals surface area contributed by atoms with Crippen molar-refractivity contribution in [2.24, 2.45) is 5.41 Å². The molecule has 4 aromatic rings. The molecular weight excluding hydrogens is 441 g/mol. The lowest BCUT2D eigenvalue weighted by molar-refractivity contribution is -0.133. The zero-order chi connectivity index (χ0) is 25.2. The molecule has 0 aliphatic carbocycles. The number of pyridine rings is 1. The first kappa shape index (κ1) is 24.5. The number of nitrogens with zero attached hydrogens (tertiary/aromatic N) is 2. The number of hydrogen-bond acceptors (Lipinski definition) is 4. The summed E-state index contributed by atoms with van der Waals surface area (Å²) in [6, 6.07) is 19.1. The van der Waals surface area contributed by atoms with Crippen LogP contribution >= 0.6 is 0 Å². The van der Waals surface area contributed by atoms with Crippen molar-refractivity contribution in [1.82, 2.24) is 9.38 Å². The minimum atomic E-state index is -0.421. The highest BCUT2D eigenvalue weighted by Crippen LogP contribution is 2.38. The molecule has 1 N–H and O–H groups in total. The van der Waals surface area contributed by atoms with E-state index in [2.05, 4.69) is 39.9 Å². The van der Waals surface area contributed by atoms with Gasteiger partial charge in [0.05, 0.1) is 6.42 Å². The smallest absolute Gasteiger partial charge is 0.315 e. The lowest BCUT2D eigenvalue weighted by Gasteiger charge is -2.34. The van der Waals surface area contributed by atoms with Crippen LogP contribution in [0, 0.1) is 11.2 Å². The third-order valence-electron chi connectivity index (χ3n) is 5.59. The molecule has 0 fully saturated rings. The molecule has 0 aliphatic rings. The van der Waals surface area contributed by atoms with Crippen LogP contribution in [0.4, 0.5) is 10.2 Å². The van der Waals surface area contributed by atoms with Crippen LogP contribution in [0.25, 0.3) is 16.9 Å². The number of esters is 1. The van der Waals surface area contributed by atoms with Crippen LogP contribution in [0.2, 0.25) is 0 Å². The van der Waals surface area contributed by atoms with Gasteiger partial charge < -0.3 is 10.1 Å². The Morgan fingerprint density at radius 1 is 0.971 bits per heavy atom. The van der Waals surface area contributed by atoms with E-state index in [0.29, 0.717) is 17.0 Å². The normalized spacial score (nSPS) is 12.1. The van der Waals surface area contributed by atoms with Crippen LogP contribution in [0.5, 0.6) is 5.75 Å². The lowest BCUT2D eigenvalue weighted by atomic mass is 9.82. The summed E-state index contributed by atoms with van der Waals surface area (Å²) in [6.45, 7) is 11.0. The van der Waals surface area contributed by atoms with E-state index in [1.54, 1.807) is 18.2 Å². The zero-order valence-corrected chi connectivity index (χ0v) is 20.9. The molecule has 4 rings (SSSR count). The number of carbonyl (C=O) groups is 1. The number of rotatable bonds is 7. The quantitative estimate of drug-likeness (QED) is 0.234. The van der Waals surface area contributed by atoms with Crippen molar-refractivity contribution in [2.45, 2.75) is 53.0 Å². The van der Waals surface area contributed by atoms with E-state index in [9.17, 15) is 9.18 Å². The Labute approximate surface area is 206 Å². The number of para-hydroxylation sites is 1. The molecule has 5 nitrogen and oxygen atoms in total. The summed E-state index contributed by atoms with van der Waals surface area (Å²) < 4.78 is 21.0. The average molecular weight is 474 g/mol. The van der Waals surface area contributed by atoms with Crippen molar-refractivity contribution in [3.05, 3.63) is 84.3 Å². The predicted molar refractivity (Wildman–Crippen MR) is 138 cm³/mol. The van der Waals surface area contributed by atoms with E-state index < -0.39 is 5.97 Å². The monoisotopic (exact) mass is 473 g/mol. The molecular formula is C29H32FN3O2. The largest absolute Gasteiger partial charge is 0.426 e. The molecule has 0 saturated carbocycles. The molecule has 2 aromatic heterocycles. The van der Waals surface area contributed by atoms with Gasteiger partial charge >= 0.3 is 5.97 Å². The summed E-state index contributed by atoms with van der Waals surface area (Å²) in [5.41, 5.74) is 2.83. The van der Waals surface area contributed by atoms with E-state index >= 15 is 0 Å². The number of carbonyl (C=O) groups excluding carboxylic acids is 1. The highest BCUT2D eigenvalue weighted by atomic mass is 19.1. The molecule has 0 amide bonds. The Balaban J connectivity index is 1.70. The molecule has 0 radical (unpaired) electrons. The maximum atomic E-state index is 13.2. The van der Waals surface area contributed by atoms with E-state index in [4.69, 9.17) is 9.72 Å². The summed E-state index contributed by atoms with van der Waals surface area (Å²) in [7, 11) is 0. The van der Waals surface area contributed by atoms with Gasteiger partial charge in [0.1, 0.15) is 28.7 Å². The van der Waals surface area contributed by atoms with E-state index in [1.165, 1.54) is 12.1 Å². The van der Waals surface area contributed by atoms with Gasteiger partial charge in [-0.1, -0.05) is 51.1 Å². The summed E-state index contributed by atoms with van der Waals surface area (Å²) >= 11 is 0. The van der Waals surface area contributed by atoms with Gasteiger partial charge in [-0.05, 0) is 67.6 Å². The van der Waals surface area contributed by atoms with Gasteiger partial charge in [-0.25, -0.2) is 9.37 Å². The molecule has 0 aliphatic heterocycles. The molecule has 6 heteroatoms. The van der Waals surface area contributed by atoms with Crippen LogP contribution in [0.15, 0.2) is 72.9 Å². The number of aromatic nitrogens is 2. The van der Waals surface area contributed by atoms with Gasteiger partial charge in [0.15, 0.2) is 0 Å². The average Bonchev–Trinajstić information content (AvgIpc) is 3.11. The number of ether oxygens (including phenoxy) is 1. The molecule has 2 aromatic carbocycles. The third kappa shape index (κ3) is 6.07. The standard InChI is InChI=1S/C29H32FN3O2/c1-28(2,3)19-29(4,5)32-27-26(31-24-12-8-9-17-33(24)27)22-10-6-7-11-23(22)35-25(34)18-20-13-15-21(30)16-14-20/h6-17,32H,18-19H2,1-5H3. The summed E-state index contributed by atoms with van der Waals surface area (Å²) in [4.78, 5) is 17.6. The van der Waals surface area contributed by atoms with Crippen molar-refractivity contribution in [1.29, 1.82) is 0 Å². The maximum absolute atomic E-state index is 13.2. The molecule has 0 bridgehead atoms. The molecule has 0 saturated heterocycles. The number of halogens is 1. The highest BCUT2D eigenvalue weighted by molar-refractivity contribution is 5.84. The fourth-order valence-corrected chi connectivity index (χ4v) is 4.67. The first-order valence-corrected chi connectivity index (χ1v) is 11.8. The van der Waals surface area contributed by atoms with Gasteiger partial charge in [0.2, 0.25) is 0 Å². The van der Waals surface area contributed by atoms with Crippen molar-refractivity contribution >= 4 is 17.4 Å². The Hall–Kier alpha value is -3.67. The van der Waals surface area contributed by atoms with Crippen LogP contribution < -0.4 is 10.1 Å². The van der Waals surface area contributed by atoms with E-state index in [1.807, 2.05) is 47.0 Å². The first-order chi connectivity index (χ1) is 16.5. The number of anilines is 1. The third-order valence-corrected chi connectivity index (χ3v) is 5.59. The molecule has 2 heterocycles. The Kier molecular flexibility index (Phi) is 6.66. The second kappa shape index (κ2) is 9.53. The minimum Gasteiger partial charge on any atom is -0.426 e. The number of hydrogen-bond donors (Lipinski definition) is 1. The van der Waals surface area contributed by atoms with E-state index in [-0.39, 0.29) is 23.2 Å². The summed E-state index contributed by atoms with van der Waals surface area (Å²) in [5, 5.41) is 3.72. The Bertz CT molecular complexity index is 1330. The zero-order valence-electron chi connectivity index (χ0n) is 20.9. The molecule has 0 spiro atoms. The fraction of sp³-hybridized carbons (Fsp3) is 0.310. The molecule has 0 atom stereocenters. The predicted octanol–water partition coefficient (Wildman–Crippen LogP) is 6.92. The molecule has 182 valence electrons. The van der Waals surface area contributed by atoms with Crippen LogP contribution in [-0.4, -0.2) is 20.9 Å². The highest BCUT2D eigenvalue weighted by Gasteiger charge is 2.28. The van der Waals surface area contributed by atoms with Crippen molar-refractivity contribution in [2.75, 3.05) is 5.32 Å². The van der Waals surface area contributed by atoms with Gasteiger partial charge in [-0.15, -0.1) is 0 Å². The SMILES string of the molecule is CC(C)(C)CC(C)(C)Nc1c(-c2ccccc2OC(=O)Cc2ccc(F)cc2)nc2ccccn12. The van der Waals surface area contributed by atoms with Crippen LogP contribution in [0.1, 0.15) is 46.6 Å². The number of benzene rings is 2. The second-order valence-electron chi connectivity index (χ2n) is 10.8. The van der Waals surface area contributed by atoms with Crippen molar-refractivity contribution in [3.63, 3.8) is 0 Å². The van der Waals surface area contributed by atoms with Gasteiger partial charge in [0, 0.05) is 17.3 Å². The second-order valence-corrected chi connectivity index (χ2v) is 10.8. The minimum absolute atomic E-state index is 0.0451. The van der Waals surface area contributed by atoms with Crippen LogP contribution in [0.3, 0.4) is 0 Å². The summed E-state index contributed by atoms with van der Waals surface area (Å²) in [6.07, 6.45) is 2.96. The Morgan fingerprint density at radius 3 is 2.37 bits per heavy atom. The topological polar surface area (TPSA) is 55.6 Å². The van der Waals surface area contributed by atoms with E-state index in [0.717, 1.165) is 23.4 Å². The molecule has 35 heavy (non-hydrogen) atoms.